The van der Waals surface area contributed by atoms with Crippen molar-refractivity contribution in [1.82, 2.24) is 0 Å². The summed E-state index contributed by atoms with van der Waals surface area (Å²) in [4.78, 5) is 2.45. The van der Waals surface area contributed by atoms with Gasteiger partial charge in [0.05, 0.1) is 0 Å². The zero-order chi connectivity index (χ0) is 22.7. The van der Waals surface area contributed by atoms with E-state index in [0.29, 0.717) is 0 Å². The van der Waals surface area contributed by atoms with Crippen LogP contribution in [0.4, 0.5) is 17.1 Å². The highest BCUT2D eigenvalue weighted by molar-refractivity contribution is 5.76. The maximum absolute atomic E-state index is 2.45. The molecule has 0 radical (unpaired) electrons. The van der Waals surface area contributed by atoms with Crippen LogP contribution < -0.4 is 4.90 Å². The highest BCUT2D eigenvalue weighted by Gasteiger charge is 2.21. The second kappa shape index (κ2) is 9.98. The van der Waals surface area contributed by atoms with Gasteiger partial charge in [0.15, 0.2) is 0 Å². The van der Waals surface area contributed by atoms with Crippen molar-refractivity contribution < 1.29 is 0 Å². The quantitative estimate of drug-likeness (QED) is 0.362. The first-order valence-electron chi connectivity index (χ1n) is 14.0. The first-order valence-corrected chi connectivity index (χ1v) is 14.0. The molecule has 3 fully saturated rings. The van der Waals surface area contributed by atoms with E-state index in [-0.39, 0.29) is 0 Å². The van der Waals surface area contributed by atoms with Gasteiger partial charge >= 0.3 is 0 Å². The third-order valence-corrected chi connectivity index (χ3v) is 8.93. The highest BCUT2D eigenvalue weighted by Crippen LogP contribution is 2.41. The van der Waals surface area contributed by atoms with Gasteiger partial charge in [0.2, 0.25) is 0 Å². The lowest BCUT2D eigenvalue weighted by Crippen LogP contribution is -2.10. The Bertz CT molecular complexity index is 904. The molecule has 176 valence electrons. The average molecular weight is 450 g/mol. The number of hydrogen-bond acceptors (Lipinski definition) is 1. The molecule has 3 aliphatic carbocycles. The summed E-state index contributed by atoms with van der Waals surface area (Å²) in [5.74, 6) is 2.29. The van der Waals surface area contributed by atoms with Gasteiger partial charge in [-0.25, -0.2) is 0 Å². The van der Waals surface area contributed by atoms with Gasteiger partial charge in [-0.05, 0) is 109 Å². The number of rotatable bonds is 6. The molecule has 3 saturated carbocycles. The summed E-state index contributed by atoms with van der Waals surface area (Å²) < 4.78 is 0. The monoisotopic (exact) mass is 449 g/mol. The van der Waals surface area contributed by atoms with Crippen LogP contribution in [0, 0.1) is 0 Å². The molecule has 0 unspecified atom stereocenters. The van der Waals surface area contributed by atoms with Crippen molar-refractivity contribution >= 4 is 17.1 Å². The predicted octanol–water partition coefficient (Wildman–Crippen LogP) is 10.1. The van der Waals surface area contributed by atoms with E-state index in [1.54, 1.807) is 0 Å². The Kier molecular flexibility index (Phi) is 6.45. The SMILES string of the molecule is c1cc(N(c2ccc(C3CCCC3)cc2)c2ccc(C3CCCC3)cc2)ccc1C1CCCC1. The second-order valence-corrected chi connectivity index (χ2v) is 11.1. The summed E-state index contributed by atoms with van der Waals surface area (Å²) in [6, 6.07) is 28.4. The molecule has 0 N–H and O–H groups in total. The summed E-state index contributed by atoms with van der Waals surface area (Å²) >= 11 is 0. The van der Waals surface area contributed by atoms with Gasteiger partial charge < -0.3 is 4.90 Å². The van der Waals surface area contributed by atoms with Gasteiger partial charge in [0.1, 0.15) is 0 Å². The van der Waals surface area contributed by atoms with Crippen LogP contribution in [0.1, 0.15) is 111 Å². The molecule has 3 aliphatic rings. The molecule has 1 nitrogen and oxygen atoms in total. The predicted molar refractivity (Wildman–Crippen MR) is 145 cm³/mol. The fourth-order valence-corrected chi connectivity index (χ4v) is 6.91. The fraction of sp³-hybridized carbons (Fsp3) is 0.455. The number of anilines is 3. The van der Waals surface area contributed by atoms with Crippen molar-refractivity contribution in [3.8, 4) is 0 Å². The van der Waals surface area contributed by atoms with Crippen LogP contribution in [0.5, 0.6) is 0 Å². The van der Waals surface area contributed by atoms with Gasteiger partial charge in [-0.1, -0.05) is 74.9 Å². The number of hydrogen-bond donors (Lipinski definition) is 0. The maximum atomic E-state index is 2.45. The molecule has 0 atom stereocenters. The first kappa shape index (κ1) is 22.0. The fourth-order valence-electron chi connectivity index (χ4n) is 6.91. The molecule has 0 saturated heterocycles. The Morgan fingerprint density at radius 3 is 0.824 bits per heavy atom. The van der Waals surface area contributed by atoms with Crippen molar-refractivity contribution in [2.75, 3.05) is 4.90 Å². The lowest BCUT2D eigenvalue weighted by atomic mass is 9.96. The standard InChI is InChI=1S/C33H39N/c1-2-8-25(7-1)28-13-19-31(20-14-28)34(32-21-15-29(16-22-32)26-9-3-4-10-26)33-23-17-30(18-24-33)27-11-5-6-12-27/h13-27H,1-12H2. The molecule has 0 bridgehead atoms. The van der Waals surface area contributed by atoms with Crippen molar-refractivity contribution in [2.45, 2.75) is 94.8 Å². The van der Waals surface area contributed by atoms with Crippen LogP contribution in [-0.2, 0) is 0 Å². The van der Waals surface area contributed by atoms with Gasteiger partial charge in [0, 0.05) is 17.1 Å². The third-order valence-electron chi connectivity index (χ3n) is 8.93. The van der Waals surface area contributed by atoms with Crippen molar-refractivity contribution in [3.05, 3.63) is 89.5 Å². The Labute approximate surface area is 206 Å². The molecule has 0 spiro atoms. The van der Waals surface area contributed by atoms with E-state index in [2.05, 4.69) is 77.7 Å². The molecular formula is C33H39N. The van der Waals surface area contributed by atoms with Gasteiger partial charge in [-0.2, -0.15) is 0 Å². The molecule has 34 heavy (non-hydrogen) atoms. The Morgan fingerprint density at radius 2 is 0.588 bits per heavy atom. The average Bonchev–Trinajstić information content (AvgIpc) is 3.69. The van der Waals surface area contributed by atoms with Crippen LogP contribution in [-0.4, -0.2) is 0 Å². The van der Waals surface area contributed by atoms with E-state index >= 15 is 0 Å². The van der Waals surface area contributed by atoms with Gasteiger partial charge in [-0.15, -0.1) is 0 Å². The maximum Gasteiger partial charge on any atom is 0.0461 e. The van der Waals surface area contributed by atoms with E-state index in [4.69, 9.17) is 0 Å². The number of nitrogens with zero attached hydrogens (tertiary/aromatic N) is 1. The topological polar surface area (TPSA) is 3.24 Å². The molecule has 0 amide bonds. The molecule has 3 aromatic rings. The lowest BCUT2D eigenvalue weighted by Gasteiger charge is -2.27. The zero-order valence-electron chi connectivity index (χ0n) is 20.6. The second-order valence-electron chi connectivity index (χ2n) is 11.1. The minimum absolute atomic E-state index is 0.763. The molecular weight excluding hydrogens is 410 g/mol. The molecule has 0 aliphatic heterocycles. The van der Waals surface area contributed by atoms with Gasteiger partial charge in [-0.3, -0.25) is 0 Å². The van der Waals surface area contributed by atoms with E-state index in [1.165, 1.54) is 111 Å². The summed E-state index contributed by atoms with van der Waals surface area (Å²) in [5, 5.41) is 0. The van der Waals surface area contributed by atoms with E-state index in [0.717, 1.165) is 17.8 Å². The minimum Gasteiger partial charge on any atom is -0.311 e. The summed E-state index contributed by atoms with van der Waals surface area (Å²) in [6.45, 7) is 0. The zero-order valence-corrected chi connectivity index (χ0v) is 20.6. The first-order chi connectivity index (χ1) is 16.8. The van der Waals surface area contributed by atoms with Crippen molar-refractivity contribution in [2.24, 2.45) is 0 Å². The van der Waals surface area contributed by atoms with E-state index < -0.39 is 0 Å². The minimum atomic E-state index is 0.763. The van der Waals surface area contributed by atoms with Crippen LogP contribution in [0.15, 0.2) is 72.8 Å². The largest absolute Gasteiger partial charge is 0.311 e. The molecule has 0 aromatic heterocycles. The summed E-state index contributed by atoms with van der Waals surface area (Å²) in [6.07, 6.45) is 16.5. The van der Waals surface area contributed by atoms with Crippen molar-refractivity contribution in [1.29, 1.82) is 0 Å². The van der Waals surface area contributed by atoms with Crippen molar-refractivity contribution in [3.63, 3.8) is 0 Å². The summed E-state index contributed by atoms with van der Waals surface area (Å²) in [7, 11) is 0. The van der Waals surface area contributed by atoms with Crippen LogP contribution in [0.25, 0.3) is 0 Å². The Hall–Kier alpha value is -2.54. The normalized spacial score (nSPS) is 19.8. The molecule has 6 rings (SSSR count). The molecule has 1 heteroatoms. The van der Waals surface area contributed by atoms with Crippen LogP contribution in [0.2, 0.25) is 0 Å². The smallest absolute Gasteiger partial charge is 0.0461 e. The lowest BCUT2D eigenvalue weighted by molar-refractivity contribution is 0.723. The van der Waals surface area contributed by atoms with E-state index in [9.17, 15) is 0 Å². The molecule has 3 aromatic carbocycles. The van der Waals surface area contributed by atoms with Crippen LogP contribution >= 0.6 is 0 Å². The van der Waals surface area contributed by atoms with Crippen LogP contribution in [0.3, 0.4) is 0 Å². The highest BCUT2D eigenvalue weighted by atomic mass is 15.1. The Balaban J connectivity index is 1.32. The molecule has 0 heterocycles. The van der Waals surface area contributed by atoms with E-state index in [1.807, 2.05) is 0 Å². The Morgan fingerprint density at radius 1 is 0.353 bits per heavy atom. The summed E-state index contributed by atoms with van der Waals surface area (Å²) in [5.41, 5.74) is 8.37. The van der Waals surface area contributed by atoms with Gasteiger partial charge in [0.25, 0.3) is 0 Å². The third kappa shape index (κ3) is 4.54. The number of benzene rings is 3.